The summed E-state index contributed by atoms with van der Waals surface area (Å²) in [4.78, 5) is 7.22. The normalized spacial score (nSPS) is 24.5. The van der Waals surface area contributed by atoms with Crippen molar-refractivity contribution in [2.24, 2.45) is 10.8 Å². The summed E-state index contributed by atoms with van der Waals surface area (Å²) in [6.07, 6.45) is 3.85. The van der Waals surface area contributed by atoms with Crippen LogP contribution in [0.5, 0.6) is 0 Å². The lowest BCUT2D eigenvalue weighted by atomic mass is 10.3. The highest BCUT2D eigenvalue weighted by atomic mass is 15.3. The van der Waals surface area contributed by atoms with E-state index in [1.165, 1.54) is 19.4 Å². The molecule has 1 aromatic carbocycles. The molecule has 1 aliphatic carbocycles. The third-order valence-corrected chi connectivity index (χ3v) is 3.74. The van der Waals surface area contributed by atoms with E-state index in [-0.39, 0.29) is 0 Å². The van der Waals surface area contributed by atoms with Gasteiger partial charge in [-0.15, -0.1) is 0 Å². The van der Waals surface area contributed by atoms with Gasteiger partial charge in [0.05, 0.1) is 6.04 Å². The molecule has 0 amide bonds. The second kappa shape index (κ2) is 5.59. The molecule has 0 radical (unpaired) electrons. The standard InChI is InChI=1S/C14H21N5/c15-18-14(16-11-4-2-1-3-5-11)17-12-8-9-19(10-12)13-6-7-13/h1-5,12-13H,6-10,15H2,(H2,16,17,18). The Morgan fingerprint density at radius 3 is 2.68 bits per heavy atom. The minimum absolute atomic E-state index is 0.350. The van der Waals surface area contributed by atoms with Crippen molar-refractivity contribution in [3.63, 3.8) is 0 Å². The Morgan fingerprint density at radius 1 is 1.21 bits per heavy atom. The van der Waals surface area contributed by atoms with E-state index in [1.807, 2.05) is 30.3 Å². The molecular formula is C14H21N5. The molecule has 0 spiro atoms. The quantitative estimate of drug-likeness (QED) is 0.330. The molecule has 3 rings (SSSR count). The van der Waals surface area contributed by atoms with Crippen LogP contribution in [0.25, 0.3) is 0 Å². The highest BCUT2D eigenvalue weighted by Gasteiger charge is 2.34. The maximum Gasteiger partial charge on any atom is 0.210 e. The minimum atomic E-state index is 0.350. The van der Waals surface area contributed by atoms with E-state index in [1.54, 1.807) is 0 Å². The number of nitrogens with two attached hydrogens (primary N) is 1. The largest absolute Gasteiger partial charge is 0.325 e. The monoisotopic (exact) mass is 259 g/mol. The van der Waals surface area contributed by atoms with Gasteiger partial charge in [0.25, 0.3) is 0 Å². The van der Waals surface area contributed by atoms with E-state index in [0.717, 1.165) is 24.7 Å². The fourth-order valence-corrected chi connectivity index (χ4v) is 2.59. The fraction of sp³-hybridized carbons (Fsp3) is 0.500. The lowest BCUT2D eigenvalue weighted by molar-refractivity contribution is 0.324. The van der Waals surface area contributed by atoms with Gasteiger partial charge in [0, 0.05) is 24.8 Å². The first-order chi connectivity index (χ1) is 9.35. The third kappa shape index (κ3) is 3.24. The van der Waals surface area contributed by atoms with Crippen molar-refractivity contribution in [2.45, 2.75) is 31.3 Å². The van der Waals surface area contributed by atoms with Crippen LogP contribution in [0, 0.1) is 0 Å². The Morgan fingerprint density at radius 2 is 2.00 bits per heavy atom. The predicted molar refractivity (Wildman–Crippen MR) is 77.8 cm³/mol. The van der Waals surface area contributed by atoms with E-state index < -0.39 is 0 Å². The molecule has 0 aromatic heterocycles. The van der Waals surface area contributed by atoms with Crippen molar-refractivity contribution < 1.29 is 0 Å². The molecule has 0 bridgehead atoms. The maximum atomic E-state index is 5.55. The van der Waals surface area contributed by atoms with Crippen LogP contribution in [0.4, 0.5) is 5.69 Å². The Balaban J connectivity index is 1.60. The molecule has 1 saturated carbocycles. The molecule has 1 unspecified atom stereocenters. The number of hydrazine groups is 1. The summed E-state index contributed by atoms with van der Waals surface area (Å²) in [7, 11) is 0. The van der Waals surface area contributed by atoms with Crippen molar-refractivity contribution in [2.75, 3.05) is 18.4 Å². The Bertz CT molecular complexity index is 440. The second-order valence-corrected chi connectivity index (χ2v) is 5.28. The zero-order valence-electron chi connectivity index (χ0n) is 11.0. The summed E-state index contributed by atoms with van der Waals surface area (Å²) in [5, 5.41) is 3.21. The third-order valence-electron chi connectivity index (χ3n) is 3.74. The first-order valence-corrected chi connectivity index (χ1v) is 6.95. The second-order valence-electron chi connectivity index (χ2n) is 5.28. The van der Waals surface area contributed by atoms with Crippen LogP contribution >= 0.6 is 0 Å². The molecule has 5 nitrogen and oxygen atoms in total. The van der Waals surface area contributed by atoms with Gasteiger partial charge in [-0.25, -0.2) is 10.8 Å². The van der Waals surface area contributed by atoms with E-state index in [4.69, 9.17) is 5.84 Å². The molecule has 1 saturated heterocycles. The van der Waals surface area contributed by atoms with E-state index in [0.29, 0.717) is 12.0 Å². The van der Waals surface area contributed by atoms with Gasteiger partial charge in [-0.1, -0.05) is 18.2 Å². The van der Waals surface area contributed by atoms with Gasteiger partial charge in [-0.3, -0.25) is 10.3 Å². The van der Waals surface area contributed by atoms with Gasteiger partial charge in [0.2, 0.25) is 5.96 Å². The lowest BCUT2D eigenvalue weighted by Gasteiger charge is -2.14. The molecule has 2 aliphatic rings. The summed E-state index contributed by atoms with van der Waals surface area (Å²) in [5.74, 6) is 6.20. The summed E-state index contributed by atoms with van der Waals surface area (Å²) < 4.78 is 0. The van der Waals surface area contributed by atoms with Gasteiger partial charge in [-0.2, -0.15) is 0 Å². The lowest BCUT2D eigenvalue weighted by Crippen LogP contribution is -2.37. The maximum absolute atomic E-state index is 5.55. The average molecular weight is 259 g/mol. The van der Waals surface area contributed by atoms with Crippen molar-refractivity contribution in [3.8, 4) is 0 Å². The van der Waals surface area contributed by atoms with E-state index in [2.05, 4.69) is 20.6 Å². The number of hydrogen-bond donors (Lipinski definition) is 3. The Hall–Kier alpha value is -1.59. The average Bonchev–Trinajstić information content (AvgIpc) is 3.20. The number of rotatable bonds is 3. The predicted octanol–water partition coefficient (Wildman–Crippen LogP) is 1.15. The van der Waals surface area contributed by atoms with Crippen LogP contribution in [-0.2, 0) is 0 Å². The van der Waals surface area contributed by atoms with E-state index in [9.17, 15) is 0 Å². The number of para-hydroxylation sites is 1. The van der Waals surface area contributed by atoms with Crippen LogP contribution in [0.2, 0.25) is 0 Å². The van der Waals surface area contributed by atoms with Crippen LogP contribution in [0.3, 0.4) is 0 Å². The molecule has 102 valence electrons. The number of benzene rings is 1. The highest BCUT2D eigenvalue weighted by Crippen LogP contribution is 2.30. The number of nitrogens with one attached hydrogen (secondary N) is 2. The highest BCUT2D eigenvalue weighted by molar-refractivity contribution is 5.93. The number of nitrogens with zero attached hydrogens (tertiary/aromatic N) is 2. The molecule has 1 aromatic rings. The van der Waals surface area contributed by atoms with Gasteiger partial charge >= 0.3 is 0 Å². The van der Waals surface area contributed by atoms with Crippen molar-refractivity contribution in [1.82, 2.24) is 10.3 Å². The Labute approximate surface area is 113 Å². The zero-order valence-corrected chi connectivity index (χ0v) is 11.0. The number of aliphatic imine (C=N–C) groups is 1. The van der Waals surface area contributed by atoms with Crippen molar-refractivity contribution >= 4 is 11.6 Å². The minimum Gasteiger partial charge on any atom is -0.325 e. The topological polar surface area (TPSA) is 65.7 Å². The zero-order chi connectivity index (χ0) is 13.1. The number of anilines is 1. The molecule has 19 heavy (non-hydrogen) atoms. The summed E-state index contributed by atoms with van der Waals surface area (Å²) in [5.41, 5.74) is 3.65. The van der Waals surface area contributed by atoms with Crippen LogP contribution in [0.15, 0.2) is 35.3 Å². The molecular weight excluding hydrogens is 238 g/mol. The van der Waals surface area contributed by atoms with Crippen LogP contribution in [0.1, 0.15) is 19.3 Å². The fourth-order valence-electron chi connectivity index (χ4n) is 2.59. The number of guanidine groups is 1. The molecule has 5 heteroatoms. The van der Waals surface area contributed by atoms with Gasteiger partial charge < -0.3 is 5.32 Å². The molecule has 1 heterocycles. The van der Waals surface area contributed by atoms with Crippen molar-refractivity contribution in [3.05, 3.63) is 30.3 Å². The molecule has 1 aliphatic heterocycles. The number of likely N-dealkylation sites (tertiary alicyclic amines) is 1. The first kappa shape index (κ1) is 12.4. The Kier molecular flexibility index (Phi) is 3.66. The smallest absolute Gasteiger partial charge is 0.210 e. The van der Waals surface area contributed by atoms with Crippen LogP contribution < -0.4 is 16.6 Å². The van der Waals surface area contributed by atoms with Crippen molar-refractivity contribution in [1.29, 1.82) is 0 Å². The van der Waals surface area contributed by atoms with Gasteiger partial charge in [-0.05, 0) is 31.4 Å². The summed E-state index contributed by atoms with van der Waals surface area (Å²) in [6.45, 7) is 2.23. The first-order valence-electron chi connectivity index (χ1n) is 6.95. The van der Waals surface area contributed by atoms with Crippen LogP contribution in [-0.4, -0.2) is 36.0 Å². The SMILES string of the molecule is NNC(=NC1CCN(C2CC2)C1)Nc1ccccc1. The summed E-state index contributed by atoms with van der Waals surface area (Å²) >= 11 is 0. The van der Waals surface area contributed by atoms with Gasteiger partial charge in [0.1, 0.15) is 0 Å². The summed E-state index contributed by atoms with van der Waals surface area (Å²) in [6, 6.07) is 11.1. The number of hydrogen-bond acceptors (Lipinski definition) is 3. The molecule has 4 N–H and O–H groups in total. The van der Waals surface area contributed by atoms with Gasteiger partial charge in [0.15, 0.2) is 0 Å². The molecule has 1 atom stereocenters. The van der Waals surface area contributed by atoms with E-state index >= 15 is 0 Å². The molecule has 2 fully saturated rings.